The Morgan fingerprint density at radius 1 is 0.926 bits per heavy atom. The highest BCUT2D eigenvalue weighted by Crippen LogP contribution is 2.31. The van der Waals surface area contributed by atoms with Crippen molar-refractivity contribution in [2.75, 3.05) is 10.6 Å². The third-order valence-electron chi connectivity index (χ3n) is 4.76. The first-order valence-corrected chi connectivity index (χ1v) is 9.33. The molecule has 0 saturated heterocycles. The Balaban J connectivity index is 1.63. The van der Waals surface area contributed by atoms with Gasteiger partial charge in [0.1, 0.15) is 5.82 Å². The molecule has 0 aliphatic heterocycles. The second-order valence-corrected chi connectivity index (χ2v) is 6.94. The van der Waals surface area contributed by atoms with E-state index in [1.807, 2.05) is 6.07 Å². The van der Waals surface area contributed by atoms with Crippen LogP contribution in [0.1, 0.15) is 12.5 Å². The molecule has 4 rings (SSSR count). The van der Waals surface area contributed by atoms with E-state index in [0.717, 1.165) is 17.9 Å². The number of hydrogen-bond donors (Lipinski definition) is 2. The van der Waals surface area contributed by atoms with E-state index in [1.165, 1.54) is 27.9 Å². The summed E-state index contributed by atoms with van der Waals surface area (Å²) >= 11 is 5.42. The third-order valence-corrected chi connectivity index (χ3v) is 4.97. The van der Waals surface area contributed by atoms with E-state index in [1.54, 1.807) is 19.1 Å². The van der Waals surface area contributed by atoms with Gasteiger partial charge in [0.25, 0.3) is 0 Å². The highest BCUT2D eigenvalue weighted by Gasteiger charge is 2.10. The van der Waals surface area contributed by atoms with Crippen LogP contribution in [-0.4, -0.2) is 9.68 Å². The largest absolute Gasteiger partial charge is 0.341 e. The molecule has 2 N–H and O–H groups in total. The number of fused-ring (bicyclic) bond motifs is 3. The monoisotopic (exact) mass is 377 g/mol. The van der Waals surface area contributed by atoms with Crippen molar-refractivity contribution in [3.8, 4) is 0 Å². The Bertz CT molecular complexity index is 1160. The van der Waals surface area contributed by atoms with Gasteiger partial charge < -0.3 is 15.2 Å². The third kappa shape index (κ3) is 3.26. The minimum absolute atomic E-state index is 0.225. The second kappa shape index (κ2) is 7.00. The molecule has 5 heteroatoms. The zero-order chi connectivity index (χ0) is 19.0. The topological polar surface area (TPSA) is 29.0 Å². The van der Waals surface area contributed by atoms with Gasteiger partial charge in [-0.3, -0.25) is 0 Å². The average molecular weight is 377 g/mol. The molecular formula is C22H20FN3S. The SMILES string of the molecule is CCn1c2ccccc2c2cc(NC(=S)Nc3ccc(F)c(C)c3)ccc21. The molecule has 3 nitrogen and oxygen atoms in total. The van der Waals surface area contributed by atoms with Crippen molar-refractivity contribution in [2.45, 2.75) is 20.4 Å². The molecule has 0 aliphatic rings. The number of aromatic nitrogens is 1. The molecule has 3 aromatic carbocycles. The fraction of sp³-hybridized carbons (Fsp3) is 0.136. The lowest BCUT2D eigenvalue weighted by Crippen LogP contribution is -2.19. The van der Waals surface area contributed by atoms with Crippen LogP contribution in [0.15, 0.2) is 60.7 Å². The van der Waals surface area contributed by atoms with Gasteiger partial charge in [0.2, 0.25) is 0 Å². The van der Waals surface area contributed by atoms with E-state index >= 15 is 0 Å². The predicted molar refractivity (Wildman–Crippen MR) is 116 cm³/mol. The highest BCUT2D eigenvalue weighted by molar-refractivity contribution is 7.80. The van der Waals surface area contributed by atoms with Crippen molar-refractivity contribution < 1.29 is 4.39 Å². The molecule has 1 heterocycles. The average Bonchev–Trinajstić information content (AvgIpc) is 2.98. The van der Waals surface area contributed by atoms with E-state index in [0.29, 0.717) is 10.7 Å². The van der Waals surface area contributed by atoms with Crippen LogP contribution in [0.4, 0.5) is 15.8 Å². The molecule has 0 spiro atoms. The first-order valence-electron chi connectivity index (χ1n) is 8.92. The fourth-order valence-corrected chi connectivity index (χ4v) is 3.72. The van der Waals surface area contributed by atoms with Gasteiger partial charge >= 0.3 is 0 Å². The van der Waals surface area contributed by atoms with Gasteiger partial charge in [-0.2, -0.15) is 0 Å². The van der Waals surface area contributed by atoms with Crippen LogP contribution in [0, 0.1) is 12.7 Å². The number of rotatable bonds is 3. The summed E-state index contributed by atoms with van der Waals surface area (Å²) in [5.41, 5.74) is 4.69. The van der Waals surface area contributed by atoms with Crippen molar-refractivity contribution in [1.29, 1.82) is 0 Å². The maximum atomic E-state index is 13.4. The maximum Gasteiger partial charge on any atom is 0.175 e. The number of thiocarbonyl (C=S) groups is 1. The summed E-state index contributed by atoms with van der Waals surface area (Å²) in [6.07, 6.45) is 0. The summed E-state index contributed by atoms with van der Waals surface area (Å²) in [6.45, 7) is 4.80. The van der Waals surface area contributed by atoms with Crippen LogP contribution in [-0.2, 0) is 6.54 Å². The Morgan fingerprint density at radius 3 is 2.33 bits per heavy atom. The Morgan fingerprint density at radius 2 is 1.59 bits per heavy atom. The standard InChI is InChI=1S/C22H20FN3S/c1-3-26-20-7-5-4-6-17(20)18-13-16(9-11-21(18)26)25-22(27)24-15-8-10-19(23)14(2)12-15/h4-13H,3H2,1-2H3,(H2,24,25,27). The smallest absolute Gasteiger partial charge is 0.175 e. The Hall–Kier alpha value is -2.92. The first-order chi connectivity index (χ1) is 13.1. The van der Waals surface area contributed by atoms with Gasteiger partial charge in [-0.15, -0.1) is 0 Å². The highest BCUT2D eigenvalue weighted by atomic mass is 32.1. The minimum Gasteiger partial charge on any atom is -0.341 e. The summed E-state index contributed by atoms with van der Waals surface area (Å²) in [4.78, 5) is 0. The number of nitrogens with one attached hydrogen (secondary N) is 2. The molecular weight excluding hydrogens is 357 g/mol. The van der Waals surface area contributed by atoms with Gasteiger partial charge in [-0.1, -0.05) is 18.2 Å². The van der Waals surface area contributed by atoms with Crippen LogP contribution >= 0.6 is 12.2 Å². The molecule has 0 aliphatic carbocycles. The number of anilines is 2. The lowest BCUT2D eigenvalue weighted by molar-refractivity contribution is 0.619. The lowest BCUT2D eigenvalue weighted by Gasteiger charge is -2.12. The Kier molecular flexibility index (Phi) is 4.54. The van der Waals surface area contributed by atoms with Crippen LogP contribution < -0.4 is 10.6 Å². The molecule has 0 saturated carbocycles. The zero-order valence-electron chi connectivity index (χ0n) is 15.2. The second-order valence-electron chi connectivity index (χ2n) is 6.54. The van der Waals surface area contributed by atoms with E-state index in [2.05, 4.69) is 58.5 Å². The van der Waals surface area contributed by atoms with Crippen LogP contribution in [0.25, 0.3) is 21.8 Å². The minimum atomic E-state index is -0.225. The van der Waals surface area contributed by atoms with Gasteiger partial charge in [0.05, 0.1) is 0 Å². The molecule has 27 heavy (non-hydrogen) atoms. The number of halogens is 1. The molecule has 0 bridgehead atoms. The van der Waals surface area contributed by atoms with Crippen molar-refractivity contribution in [3.05, 3.63) is 72.0 Å². The van der Waals surface area contributed by atoms with Crippen LogP contribution in [0.3, 0.4) is 0 Å². The van der Waals surface area contributed by atoms with Crippen molar-refractivity contribution in [2.24, 2.45) is 0 Å². The molecule has 0 fully saturated rings. The maximum absolute atomic E-state index is 13.4. The summed E-state index contributed by atoms with van der Waals surface area (Å²) in [5.74, 6) is -0.225. The molecule has 136 valence electrons. The zero-order valence-corrected chi connectivity index (χ0v) is 16.0. The first kappa shape index (κ1) is 17.5. The lowest BCUT2D eigenvalue weighted by atomic mass is 10.1. The summed E-state index contributed by atoms with van der Waals surface area (Å²) in [6, 6.07) is 19.5. The predicted octanol–water partition coefficient (Wildman–Crippen LogP) is 6.07. The van der Waals surface area contributed by atoms with Crippen molar-refractivity contribution in [1.82, 2.24) is 4.57 Å². The van der Waals surface area contributed by atoms with Crippen molar-refractivity contribution >= 4 is 50.5 Å². The Labute approximate surface area is 162 Å². The molecule has 0 radical (unpaired) electrons. The molecule has 0 atom stereocenters. The van der Waals surface area contributed by atoms with Crippen molar-refractivity contribution in [3.63, 3.8) is 0 Å². The molecule has 0 amide bonds. The molecule has 1 aromatic heterocycles. The number of benzene rings is 3. The number of aryl methyl sites for hydroxylation is 2. The number of hydrogen-bond acceptors (Lipinski definition) is 1. The molecule has 0 unspecified atom stereocenters. The van der Waals surface area contributed by atoms with E-state index in [4.69, 9.17) is 12.2 Å². The van der Waals surface area contributed by atoms with Gasteiger partial charge in [0, 0.05) is 39.7 Å². The van der Waals surface area contributed by atoms with Gasteiger partial charge in [-0.25, -0.2) is 4.39 Å². The summed E-state index contributed by atoms with van der Waals surface area (Å²) < 4.78 is 15.7. The quantitative estimate of drug-likeness (QED) is 0.425. The normalized spacial score (nSPS) is 11.1. The van der Waals surface area contributed by atoms with E-state index in [-0.39, 0.29) is 5.82 Å². The molecule has 4 aromatic rings. The summed E-state index contributed by atoms with van der Waals surface area (Å²) in [7, 11) is 0. The number of para-hydroxylation sites is 1. The van der Waals surface area contributed by atoms with E-state index < -0.39 is 0 Å². The number of nitrogens with zero attached hydrogens (tertiary/aromatic N) is 1. The van der Waals surface area contributed by atoms with Crippen LogP contribution in [0.2, 0.25) is 0 Å². The van der Waals surface area contributed by atoms with Crippen LogP contribution in [0.5, 0.6) is 0 Å². The van der Waals surface area contributed by atoms with Gasteiger partial charge in [0.15, 0.2) is 5.11 Å². The van der Waals surface area contributed by atoms with Gasteiger partial charge in [-0.05, 0) is 74.1 Å². The van der Waals surface area contributed by atoms with E-state index in [9.17, 15) is 4.39 Å². The fourth-order valence-electron chi connectivity index (χ4n) is 3.49. The summed E-state index contributed by atoms with van der Waals surface area (Å²) in [5, 5.41) is 9.23.